The zero-order valence-corrected chi connectivity index (χ0v) is 10.3. The molecule has 0 fully saturated rings. The quantitative estimate of drug-likeness (QED) is 0.881. The number of unbranched alkanes of at least 4 members (excludes halogenated alkanes) is 1. The third-order valence-electron chi connectivity index (χ3n) is 3.11. The molecule has 1 atom stereocenters. The number of imidazole rings is 1. The van der Waals surface area contributed by atoms with Gasteiger partial charge in [0.2, 0.25) is 5.95 Å². The molecule has 0 saturated heterocycles. The Morgan fingerprint density at radius 3 is 2.94 bits per heavy atom. The molecule has 1 aromatic carbocycles. The van der Waals surface area contributed by atoms with Crippen LogP contribution in [0.3, 0.4) is 0 Å². The van der Waals surface area contributed by atoms with E-state index in [-0.39, 0.29) is 11.9 Å². The van der Waals surface area contributed by atoms with Crippen molar-refractivity contribution in [2.24, 2.45) is 0 Å². The van der Waals surface area contributed by atoms with Crippen LogP contribution in [0.5, 0.6) is 0 Å². The number of anilines is 1. The van der Waals surface area contributed by atoms with Gasteiger partial charge in [0.1, 0.15) is 5.52 Å². The maximum Gasteiger partial charge on any atom is 0.201 e. The van der Waals surface area contributed by atoms with E-state index in [1.54, 1.807) is 6.07 Å². The normalized spacial score (nSPS) is 13.1. The maximum absolute atomic E-state index is 13.6. The second-order valence-corrected chi connectivity index (χ2v) is 4.44. The standard InChI is InChI=1S/C13H18FN3/c1-3-4-6-9(2)17-11-8-5-7-10(14)12(11)16-13(17)15/h5,7-9H,3-4,6H2,1-2H3,(H2,15,16). The average Bonchev–Trinajstić information content (AvgIpc) is 2.64. The minimum atomic E-state index is -0.310. The van der Waals surface area contributed by atoms with Crippen LogP contribution >= 0.6 is 0 Å². The van der Waals surface area contributed by atoms with Crippen molar-refractivity contribution in [1.82, 2.24) is 9.55 Å². The molecule has 4 heteroatoms. The van der Waals surface area contributed by atoms with E-state index in [1.807, 2.05) is 10.6 Å². The lowest BCUT2D eigenvalue weighted by Crippen LogP contribution is -2.08. The van der Waals surface area contributed by atoms with Gasteiger partial charge in [-0.05, 0) is 25.5 Å². The lowest BCUT2D eigenvalue weighted by molar-refractivity contribution is 0.501. The molecule has 2 N–H and O–H groups in total. The zero-order chi connectivity index (χ0) is 12.4. The highest BCUT2D eigenvalue weighted by atomic mass is 19.1. The molecule has 2 rings (SSSR count). The van der Waals surface area contributed by atoms with Gasteiger partial charge in [-0.2, -0.15) is 0 Å². The van der Waals surface area contributed by atoms with Crippen LogP contribution in [0.15, 0.2) is 18.2 Å². The van der Waals surface area contributed by atoms with E-state index in [9.17, 15) is 4.39 Å². The summed E-state index contributed by atoms with van der Waals surface area (Å²) in [6, 6.07) is 5.23. The van der Waals surface area contributed by atoms with Gasteiger partial charge >= 0.3 is 0 Å². The van der Waals surface area contributed by atoms with E-state index in [0.717, 1.165) is 24.8 Å². The maximum atomic E-state index is 13.6. The van der Waals surface area contributed by atoms with Gasteiger partial charge in [-0.1, -0.05) is 25.8 Å². The SMILES string of the molecule is CCCCC(C)n1c(N)nc2c(F)cccc21. The third kappa shape index (κ3) is 2.12. The highest BCUT2D eigenvalue weighted by molar-refractivity contribution is 5.79. The van der Waals surface area contributed by atoms with Crippen molar-refractivity contribution in [1.29, 1.82) is 0 Å². The van der Waals surface area contributed by atoms with Gasteiger partial charge in [-0.15, -0.1) is 0 Å². The van der Waals surface area contributed by atoms with Crippen molar-refractivity contribution >= 4 is 17.0 Å². The number of aromatic nitrogens is 2. The summed E-state index contributed by atoms with van der Waals surface area (Å²) in [5, 5.41) is 0. The highest BCUT2D eigenvalue weighted by Gasteiger charge is 2.15. The van der Waals surface area contributed by atoms with E-state index in [1.165, 1.54) is 6.07 Å². The van der Waals surface area contributed by atoms with Crippen LogP contribution in [-0.4, -0.2) is 9.55 Å². The van der Waals surface area contributed by atoms with Crippen molar-refractivity contribution in [3.05, 3.63) is 24.0 Å². The van der Waals surface area contributed by atoms with Crippen molar-refractivity contribution < 1.29 is 4.39 Å². The van der Waals surface area contributed by atoms with Crippen molar-refractivity contribution in [2.45, 2.75) is 39.2 Å². The van der Waals surface area contributed by atoms with Crippen LogP contribution in [0, 0.1) is 5.82 Å². The number of nitrogens with zero attached hydrogens (tertiary/aromatic N) is 2. The second-order valence-electron chi connectivity index (χ2n) is 4.44. The monoisotopic (exact) mass is 235 g/mol. The Labute approximate surface area is 100 Å². The minimum absolute atomic E-state index is 0.252. The van der Waals surface area contributed by atoms with Gasteiger partial charge in [-0.3, -0.25) is 0 Å². The molecule has 3 nitrogen and oxygen atoms in total. The van der Waals surface area contributed by atoms with E-state index in [0.29, 0.717) is 11.5 Å². The molecule has 17 heavy (non-hydrogen) atoms. The van der Waals surface area contributed by atoms with E-state index in [2.05, 4.69) is 18.8 Å². The van der Waals surface area contributed by atoms with Gasteiger partial charge < -0.3 is 10.3 Å². The fourth-order valence-electron chi connectivity index (χ4n) is 2.19. The molecule has 0 amide bonds. The first kappa shape index (κ1) is 11.9. The predicted molar refractivity (Wildman–Crippen MR) is 68.3 cm³/mol. The largest absolute Gasteiger partial charge is 0.369 e. The van der Waals surface area contributed by atoms with Crippen molar-refractivity contribution in [3.63, 3.8) is 0 Å². The fourth-order valence-corrected chi connectivity index (χ4v) is 2.19. The molecule has 0 saturated carbocycles. The molecule has 92 valence electrons. The van der Waals surface area contributed by atoms with E-state index >= 15 is 0 Å². The molecular formula is C13H18FN3. The van der Waals surface area contributed by atoms with Crippen molar-refractivity contribution in [2.75, 3.05) is 5.73 Å². The molecule has 1 aromatic heterocycles. The molecule has 0 radical (unpaired) electrons. The lowest BCUT2D eigenvalue weighted by atomic mass is 10.1. The first-order valence-corrected chi connectivity index (χ1v) is 6.07. The number of hydrogen-bond acceptors (Lipinski definition) is 2. The summed E-state index contributed by atoms with van der Waals surface area (Å²) in [6.07, 6.45) is 3.31. The molecule has 1 heterocycles. The van der Waals surface area contributed by atoms with Crippen LogP contribution in [0.2, 0.25) is 0 Å². The summed E-state index contributed by atoms with van der Waals surface area (Å²) in [4.78, 5) is 4.11. The number of benzene rings is 1. The summed E-state index contributed by atoms with van der Waals surface area (Å²) < 4.78 is 15.5. The molecule has 0 aliphatic carbocycles. The van der Waals surface area contributed by atoms with Crippen LogP contribution in [-0.2, 0) is 0 Å². The smallest absolute Gasteiger partial charge is 0.201 e. The first-order valence-electron chi connectivity index (χ1n) is 6.07. The number of rotatable bonds is 4. The number of nitrogens with two attached hydrogens (primary N) is 1. The van der Waals surface area contributed by atoms with Crippen molar-refractivity contribution in [3.8, 4) is 0 Å². The van der Waals surface area contributed by atoms with Crippen LogP contribution < -0.4 is 5.73 Å². The molecule has 0 aliphatic heterocycles. The van der Waals surface area contributed by atoms with E-state index in [4.69, 9.17) is 5.73 Å². The number of para-hydroxylation sites is 1. The number of nitrogen functional groups attached to an aromatic ring is 1. The summed E-state index contributed by atoms with van der Waals surface area (Å²) >= 11 is 0. The number of halogens is 1. The summed E-state index contributed by atoms with van der Waals surface area (Å²) in [6.45, 7) is 4.25. The molecule has 1 unspecified atom stereocenters. The Morgan fingerprint density at radius 2 is 2.24 bits per heavy atom. The Morgan fingerprint density at radius 1 is 1.47 bits per heavy atom. The van der Waals surface area contributed by atoms with Gasteiger partial charge in [-0.25, -0.2) is 9.37 Å². The highest BCUT2D eigenvalue weighted by Crippen LogP contribution is 2.26. The van der Waals surface area contributed by atoms with Gasteiger partial charge in [0.15, 0.2) is 5.82 Å². The number of hydrogen-bond donors (Lipinski definition) is 1. The average molecular weight is 235 g/mol. The van der Waals surface area contributed by atoms with Gasteiger partial charge in [0.05, 0.1) is 5.52 Å². The second kappa shape index (κ2) is 4.73. The zero-order valence-electron chi connectivity index (χ0n) is 10.3. The van der Waals surface area contributed by atoms with Crippen LogP contribution in [0.4, 0.5) is 10.3 Å². The Bertz CT molecular complexity index is 519. The molecule has 0 spiro atoms. The minimum Gasteiger partial charge on any atom is -0.369 e. The van der Waals surface area contributed by atoms with E-state index < -0.39 is 0 Å². The Kier molecular flexibility index (Phi) is 3.31. The third-order valence-corrected chi connectivity index (χ3v) is 3.11. The summed E-state index contributed by atoms with van der Waals surface area (Å²) in [7, 11) is 0. The Hall–Kier alpha value is -1.58. The van der Waals surface area contributed by atoms with Gasteiger partial charge in [0, 0.05) is 6.04 Å². The first-order chi connectivity index (χ1) is 8.15. The van der Waals surface area contributed by atoms with Gasteiger partial charge in [0.25, 0.3) is 0 Å². The predicted octanol–water partition coefficient (Wildman–Crippen LogP) is 3.51. The molecule has 0 aliphatic rings. The molecule has 2 aromatic rings. The fraction of sp³-hybridized carbons (Fsp3) is 0.462. The van der Waals surface area contributed by atoms with Crippen LogP contribution in [0.25, 0.3) is 11.0 Å². The summed E-state index contributed by atoms with van der Waals surface area (Å²) in [5.74, 6) is 0.0874. The molecular weight excluding hydrogens is 217 g/mol. The molecule has 0 bridgehead atoms. The van der Waals surface area contributed by atoms with Crippen LogP contribution in [0.1, 0.15) is 39.2 Å². The number of fused-ring (bicyclic) bond motifs is 1. The lowest BCUT2D eigenvalue weighted by Gasteiger charge is -2.15. The Balaban J connectivity index is 2.46. The topological polar surface area (TPSA) is 43.8 Å². The summed E-state index contributed by atoms with van der Waals surface area (Å²) in [5.41, 5.74) is 7.03.